The maximum Gasteiger partial charge on any atom is 0.494 e. The summed E-state index contributed by atoms with van der Waals surface area (Å²) in [6.07, 6.45) is 0. The lowest BCUT2D eigenvalue weighted by molar-refractivity contribution is 0.00578. The van der Waals surface area contributed by atoms with Crippen LogP contribution >= 0.6 is 24.4 Å². The van der Waals surface area contributed by atoms with E-state index in [0.29, 0.717) is 11.6 Å². The van der Waals surface area contributed by atoms with Gasteiger partial charge in [-0.25, -0.2) is 0 Å². The maximum atomic E-state index is 6.24. The zero-order chi connectivity index (χ0) is 14.3. The van der Waals surface area contributed by atoms with E-state index in [-0.39, 0.29) is 18.3 Å². The highest BCUT2D eigenvalue weighted by atomic mass is 35.5. The summed E-state index contributed by atoms with van der Waals surface area (Å²) in [5.41, 5.74) is 1.26. The molecule has 0 atom stereocenters. The Hall–Kier alpha value is -0.195. The number of hydrogen-bond donors (Lipinski definition) is 2. The fraction of sp³-hybridized carbons (Fsp3) is 0.538. The second-order valence-corrected chi connectivity index (χ2v) is 6.50. The zero-order valence-corrected chi connectivity index (χ0v) is 13.3. The number of nitrogens with one attached hydrogen (secondary N) is 1. The highest BCUT2D eigenvalue weighted by molar-refractivity contribution is 7.78. The number of halogens is 1. The van der Waals surface area contributed by atoms with Crippen molar-refractivity contribution in [1.82, 2.24) is 4.72 Å². The first-order chi connectivity index (χ1) is 8.77. The lowest BCUT2D eigenvalue weighted by atomic mass is 9.79. The van der Waals surface area contributed by atoms with Gasteiger partial charge < -0.3 is 9.31 Å². The smallest absolute Gasteiger partial charge is 0.399 e. The number of hydrogen-bond acceptors (Lipinski definition) is 4. The van der Waals surface area contributed by atoms with E-state index in [1.54, 1.807) is 0 Å². The summed E-state index contributed by atoms with van der Waals surface area (Å²) in [5, 5.41) is 0.689. The molecular weight excluding hydrogens is 280 g/mol. The van der Waals surface area contributed by atoms with E-state index in [2.05, 4.69) is 17.5 Å². The van der Waals surface area contributed by atoms with Gasteiger partial charge in [-0.05, 0) is 44.8 Å². The molecular formula is C13H19BClNO2S. The predicted octanol–water partition coefficient (Wildman–Crippen LogP) is 2.57. The largest absolute Gasteiger partial charge is 0.494 e. The Morgan fingerprint density at radius 2 is 1.79 bits per heavy atom. The Morgan fingerprint density at radius 3 is 2.26 bits per heavy atom. The summed E-state index contributed by atoms with van der Waals surface area (Å²) in [7, 11) is -0.375. The van der Waals surface area contributed by atoms with Crippen molar-refractivity contribution in [2.24, 2.45) is 0 Å². The minimum Gasteiger partial charge on any atom is -0.399 e. The lowest BCUT2D eigenvalue weighted by Gasteiger charge is -2.32. The third-order valence-corrected chi connectivity index (χ3v) is 4.38. The molecule has 1 aromatic rings. The highest BCUT2D eigenvalue weighted by Crippen LogP contribution is 2.36. The monoisotopic (exact) mass is 299 g/mol. The molecule has 1 heterocycles. The van der Waals surface area contributed by atoms with Gasteiger partial charge in [0.25, 0.3) is 0 Å². The van der Waals surface area contributed by atoms with E-state index >= 15 is 0 Å². The molecule has 0 saturated carbocycles. The Bertz CT molecular complexity index is 466. The second kappa shape index (κ2) is 5.30. The van der Waals surface area contributed by atoms with E-state index in [1.165, 1.54) is 0 Å². The maximum absolute atomic E-state index is 6.24. The molecule has 1 aliphatic heterocycles. The molecule has 0 unspecified atom stereocenters. The standard InChI is InChI=1S/C13H19BClNO2S/c1-12(2)13(3,4)18-14(17-12)10-6-5-9(8-16-19)11(15)7-10/h5-7,16,19H,8H2,1-4H3. The van der Waals surface area contributed by atoms with Crippen molar-refractivity contribution in [3.8, 4) is 0 Å². The zero-order valence-electron chi connectivity index (χ0n) is 11.7. The Labute approximate surface area is 125 Å². The van der Waals surface area contributed by atoms with Gasteiger partial charge in [0.1, 0.15) is 0 Å². The van der Waals surface area contributed by atoms with Crippen LogP contribution in [0.1, 0.15) is 33.3 Å². The van der Waals surface area contributed by atoms with Crippen molar-refractivity contribution < 1.29 is 9.31 Å². The summed E-state index contributed by atoms with van der Waals surface area (Å²) in [6.45, 7) is 8.76. The van der Waals surface area contributed by atoms with E-state index in [4.69, 9.17) is 20.9 Å². The molecule has 19 heavy (non-hydrogen) atoms. The summed E-state index contributed by atoms with van der Waals surface area (Å²) < 4.78 is 14.8. The number of thiol groups is 1. The van der Waals surface area contributed by atoms with Crippen LogP contribution in [-0.2, 0) is 15.9 Å². The molecule has 0 bridgehead atoms. The molecule has 1 fully saturated rings. The average molecular weight is 300 g/mol. The van der Waals surface area contributed by atoms with Gasteiger partial charge in [0.2, 0.25) is 0 Å². The van der Waals surface area contributed by atoms with Crippen molar-refractivity contribution in [1.29, 1.82) is 0 Å². The number of benzene rings is 1. The topological polar surface area (TPSA) is 30.5 Å². The Balaban J connectivity index is 2.23. The summed E-state index contributed by atoms with van der Waals surface area (Å²) >= 11 is 10.2. The second-order valence-electron chi connectivity index (χ2n) is 5.77. The molecule has 0 aliphatic carbocycles. The molecule has 0 aromatic heterocycles. The predicted molar refractivity (Wildman–Crippen MR) is 83.0 cm³/mol. The van der Waals surface area contributed by atoms with Crippen molar-refractivity contribution in [3.05, 3.63) is 28.8 Å². The SMILES string of the molecule is CC1(C)OB(c2ccc(CNS)c(Cl)c2)OC1(C)C. The van der Waals surface area contributed by atoms with E-state index in [0.717, 1.165) is 11.0 Å². The van der Waals surface area contributed by atoms with Crippen LogP contribution in [0.15, 0.2) is 18.2 Å². The van der Waals surface area contributed by atoms with Crippen LogP contribution in [0.5, 0.6) is 0 Å². The van der Waals surface area contributed by atoms with Crippen LogP contribution in [0.2, 0.25) is 5.02 Å². The average Bonchev–Trinajstić information content (AvgIpc) is 2.51. The van der Waals surface area contributed by atoms with Gasteiger partial charge in [0.05, 0.1) is 11.2 Å². The van der Waals surface area contributed by atoms with Crippen LogP contribution in [0.4, 0.5) is 0 Å². The van der Waals surface area contributed by atoms with Gasteiger partial charge >= 0.3 is 7.12 Å². The molecule has 2 rings (SSSR count). The van der Waals surface area contributed by atoms with Crippen LogP contribution in [-0.4, -0.2) is 18.3 Å². The Morgan fingerprint density at radius 1 is 1.21 bits per heavy atom. The van der Waals surface area contributed by atoms with Gasteiger partial charge in [-0.2, -0.15) is 0 Å². The van der Waals surface area contributed by atoms with Crippen molar-refractivity contribution in [2.45, 2.75) is 45.4 Å². The molecule has 0 spiro atoms. The fourth-order valence-corrected chi connectivity index (χ4v) is 2.34. The summed E-state index contributed by atoms with van der Waals surface area (Å²) in [4.78, 5) is 0. The molecule has 3 nitrogen and oxygen atoms in total. The van der Waals surface area contributed by atoms with Crippen LogP contribution < -0.4 is 10.2 Å². The van der Waals surface area contributed by atoms with Gasteiger partial charge in [-0.1, -0.05) is 36.5 Å². The van der Waals surface area contributed by atoms with Crippen LogP contribution in [0.3, 0.4) is 0 Å². The molecule has 1 saturated heterocycles. The highest BCUT2D eigenvalue weighted by Gasteiger charge is 2.51. The van der Waals surface area contributed by atoms with E-state index in [9.17, 15) is 0 Å². The summed E-state index contributed by atoms with van der Waals surface area (Å²) in [6, 6.07) is 5.84. The molecule has 104 valence electrons. The molecule has 0 amide bonds. The van der Waals surface area contributed by atoms with Gasteiger partial charge in [-0.15, -0.1) is 0 Å². The van der Waals surface area contributed by atoms with E-state index < -0.39 is 0 Å². The quantitative estimate of drug-likeness (QED) is 0.664. The molecule has 1 aromatic carbocycles. The van der Waals surface area contributed by atoms with Crippen molar-refractivity contribution >= 4 is 37.0 Å². The van der Waals surface area contributed by atoms with Gasteiger partial charge in [0, 0.05) is 11.6 Å². The first-order valence-electron chi connectivity index (χ1n) is 6.28. The minimum absolute atomic E-state index is 0.338. The molecule has 0 radical (unpaired) electrons. The van der Waals surface area contributed by atoms with Crippen molar-refractivity contribution in [2.75, 3.05) is 0 Å². The molecule has 6 heteroatoms. The van der Waals surface area contributed by atoms with E-state index in [1.807, 2.05) is 45.9 Å². The third kappa shape index (κ3) is 2.95. The first-order valence-corrected chi connectivity index (χ1v) is 7.10. The van der Waals surface area contributed by atoms with Crippen LogP contribution in [0, 0.1) is 0 Å². The third-order valence-electron chi connectivity index (χ3n) is 3.87. The van der Waals surface area contributed by atoms with Gasteiger partial charge in [0.15, 0.2) is 0 Å². The molecule has 1 aliphatic rings. The fourth-order valence-electron chi connectivity index (χ4n) is 1.92. The summed E-state index contributed by atoms with van der Waals surface area (Å²) in [5.74, 6) is 0. The lowest BCUT2D eigenvalue weighted by Crippen LogP contribution is -2.41. The van der Waals surface area contributed by atoms with Crippen molar-refractivity contribution in [3.63, 3.8) is 0 Å². The number of rotatable bonds is 3. The molecule has 1 N–H and O–H groups in total. The van der Waals surface area contributed by atoms with Gasteiger partial charge in [-0.3, -0.25) is 4.72 Å². The minimum atomic E-state index is -0.375. The first kappa shape index (κ1) is 15.2. The normalized spacial score (nSPS) is 20.8. The Kier molecular flexibility index (Phi) is 4.24. The van der Waals surface area contributed by atoms with Crippen LogP contribution in [0.25, 0.3) is 0 Å².